The third-order valence-electron chi connectivity index (χ3n) is 4.47. The molecule has 122 valence electrons. The fourth-order valence-electron chi connectivity index (χ4n) is 3.10. The van der Waals surface area contributed by atoms with Crippen molar-refractivity contribution < 1.29 is 9.53 Å². The molecule has 0 saturated carbocycles. The monoisotopic (exact) mass is 313 g/mol. The zero-order chi connectivity index (χ0) is 16.6. The number of ether oxygens (including phenoxy) is 1. The van der Waals surface area contributed by atoms with Crippen LogP contribution in [-0.4, -0.2) is 40.7 Å². The highest BCUT2D eigenvalue weighted by Crippen LogP contribution is 2.29. The van der Waals surface area contributed by atoms with Crippen molar-refractivity contribution in [1.82, 2.24) is 15.1 Å². The molecule has 0 unspecified atom stereocenters. The summed E-state index contributed by atoms with van der Waals surface area (Å²) in [6, 6.07) is 5.72. The number of nitrogens with zero attached hydrogens (tertiary/aromatic N) is 2. The first-order valence-corrected chi connectivity index (χ1v) is 8.01. The zero-order valence-electron chi connectivity index (χ0n) is 14.1. The highest BCUT2D eigenvalue weighted by atomic mass is 16.5. The molecule has 5 heteroatoms. The van der Waals surface area contributed by atoms with Gasteiger partial charge >= 0.3 is 0 Å². The summed E-state index contributed by atoms with van der Waals surface area (Å²) in [5, 5.41) is 7.19. The predicted molar refractivity (Wildman–Crippen MR) is 89.0 cm³/mol. The molecule has 0 bridgehead atoms. The van der Waals surface area contributed by atoms with Crippen molar-refractivity contribution in [2.75, 3.05) is 13.6 Å². The number of H-pyrrole nitrogens is 1. The molecule has 0 spiro atoms. The van der Waals surface area contributed by atoms with Crippen LogP contribution in [0.3, 0.4) is 0 Å². The molecule has 2 aromatic rings. The van der Waals surface area contributed by atoms with Crippen LogP contribution >= 0.6 is 0 Å². The summed E-state index contributed by atoms with van der Waals surface area (Å²) in [4.78, 5) is 14.4. The second-order valence-corrected chi connectivity index (χ2v) is 6.34. The number of likely N-dealkylation sites (N-methyl/N-ethyl adjacent to an activating group) is 1. The molecular formula is C18H23N3O2. The van der Waals surface area contributed by atoms with Crippen molar-refractivity contribution in [3.05, 3.63) is 46.3 Å². The molecule has 0 radical (unpaired) electrons. The molecular weight excluding hydrogens is 290 g/mol. The fourth-order valence-corrected chi connectivity index (χ4v) is 3.10. The third kappa shape index (κ3) is 3.09. The predicted octanol–water partition coefficient (Wildman–Crippen LogP) is 2.66. The van der Waals surface area contributed by atoms with E-state index in [0.717, 1.165) is 41.1 Å². The smallest absolute Gasteiger partial charge is 0.253 e. The first kappa shape index (κ1) is 15.6. The van der Waals surface area contributed by atoms with Gasteiger partial charge in [0.25, 0.3) is 5.91 Å². The van der Waals surface area contributed by atoms with Gasteiger partial charge in [-0.05, 0) is 56.5 Å². The van der Waals surface area contributed by atoms with E-state index in [1.807, 2.05) is 46.0 Å². The number of nitrogens with one attached hydrogen (secondary N) is 1. The Hall–Kier alpha value is -2.30. The molecule has 1 aromatic carbocycles. The van der Waals surface area contributed by atoms with Gasteiger partial charge in [-0.1, -0.05) is 0 Å². The van der Waals surface area contributed by atoms with E-state index in [2.05, 4.69) is 10.2 Å². The molecule has 1 amide bonds. The van der Waals surface area contributed by atoms with E-state index in [9.17, 15) is 4.79 Å². The molecule has 1 aliphatic rings. The topological polar surface area (TPSA) is 58.2 Å². The summed E-state index contributed by atoms with van der Waals surface area (Å²) >= 11 is 0. The normalized spacial score (nSPS) is 16.1. The lowest BCUT2D eigenvalue weighted by atomic mass is 10.1. The second-order valence-electron chi connectivity index (χ2n) is 6.34. The lowest BCUT2D eigenvalue weighted by Gasteiger charge is -2.17. The summed E-state index contributed by atoms with van der Waals surface area (Å²) < 4.78 is 5.69. The number of rotatable bonds is 4. The van der Waals surface area contributed by atoms with E-state index in [1.165, 1.54) is 5.56 Å². The standard InChI is InChI=1S/C18H23N3O2/c1-11-9-15-10-14(5-6-17(15)23-11)18(22)21(4)8-7-16-12(2)19-20-13(16)3/h5-6,10-11H,7-9H2,1-4H3,(H,19,20)/t11-/m1/s1. The van der Waals surface area contributed by atoms with Gasteiger partial charge in [0.1, 0.15) is 11.9 Å². The summed E-state index contributed by atoms with van der Waals surface area (Å²) in [6.45, 7) is 6.72. The quantitative estimate of drug-likeness (QED) is 0.944. The van der Waals surface area contributed by atoms with Crippen LogP contribution in [-0.2, 0) is 12.8 Å². The van der Waals surface area contributed by atoms with Gasteiger partial charge in [0, 0.05) is 31.3 Å². The van der Waals surface area contributed by atoms with Crippen molar-refractivity contribution in [3.8, 4) is 5.75 Å². The van der Waals surface area contributed by atoms with Crippen LogP contribution in [0.15, 0.2) is 18.2 Å². The van der Waals surface area contributed by atoms with Gasteiger partial charge in [-0.2, -0.15) is 5.10 Å². The fraction of sp³-hybridized carbons (Fsp3) is 0.444. The van der Waals surface area contributed by atoms with Crippen molar-refractivity contribution >= 4 is 5.91 Å². The van der Waals surface area contributed by atoms with Crippen LogP contribution in [0.5, 0.6) is 5.75 Å². The third-order valence-corrected chi connectivity index (χ3v) is 4.47. The first-order chi connectivity index (χ1) is 11.0. The van der Waals surface area contributed by atoms with Gasteiger partial charge in [-0.15, -0.1) is 0 Å². The Balaban J connectivity index is 1.67. The Morgan fingerprint density at radius 1 is 1.43 bits per heavy atom. The summed E-state index contributed by atoms with van der Waals surface area (Å²) in [6.07, 6.45) is 1.87. The van der Waals surface area contributed by atoms with Crippen LogP contribution in [0.2, 0.25) is 0 Å². The average molecular weight is 313 g/mol. The van der Waals surface area contributed by atoms with Crippen molar-refractivity contribution in [2.24, 2.45) is 0 Å². The maximum absolute atomic E-state index is 12.6. The maximum Gasteiger partial charge on any atom is 0.253 e. The lowest BCUT2D eigenvalue weighted by Crippen LogP contribution is -2.29. The number of hydrogen-bond donors (Lipinski definition) is 1. The Kier molecular flexibility index (Phi) is 4.11. The van der Waals surface area contributed by atoms with E-state index >= 15 is 0 Å². The summed E-state index contributed by atoms with van der Waals surface area (Å²) in [5.41, 5.74) is 5.13. The number of carbonyl (C=O) groups is 1. The molecule has 0 aliphatic carbocycles. The van der Waals surface area contributed by atoms with Crippen LogP contribution in [0.4, 0.5) is 0 Å². The Bertz CT molecular complexity index is 716. The SMILES string of the molecule is Cc1n[nH]c(C)c1CCN(C)C(=O)c1ccc2c(c1)C[C@@H](C)O2. The number of aromatic nitrogens is 2. The van der Waals surface area contributed by atoms with Crippen LogP contribution in [0.25, 0.3) is 0 Å². The number of aryl methyl sites for hydroxylation is 2. The minimum absolute atomic E-state index is 0.0474. The van der Waals surface area contributed by atoms with Crippen LogP contribution in [0.1, 0.15) is 39.8 Å². The first-order valence-electron chi connectivity index (χ1n) is 8.01. The molecule has 1 aromatic heterocycles. The molecule has 1 atom stereocenters. The van der Waals surface area contributed by atoms with Crippen molar-refractivity contribution in [1.29, 1.82) is 0 Å². The van der Waals surface area contributed by atoms with E-state index in [-0.39, 0.29) is 12.0 Å². The van der Waals surface area contributed by atoms with Crippen molar-refractivity contribution in [2.45, 2.75) is 39.7 Å². The van der Waals surface area contributed by atoms with Crippen molar-refractivity contribution in [3.63, 3.8) is 0 Å². The average Bonchev–Trinajstić information content (AvgIpc) is 3.05. The molecule has 3 rings (SSSR count). The van der Waals surface area contributed by atoms with Gasteiger partial charge in [-0.25, -0.2) is 0 Å². The molecule has 23 heavy (non-hydrogen) atoms. The zero-order valence-corrected chi connectivity index (χ0v) is 14.1. The molecule has 1 N–H and O–H groups in total. The van der Waals surface area contributed by atoms with E-state index in [0.29, 0.717) is 6.54 Å². The summed E-state index contributed by atoms with van der Waals surface area (Å²) in [5.74, 6) is 0.951. The van der Waals surface area contributed by atoms with E-state index in [1.54, 1.807) is 4.90 Å². The number of hydrogen-bond acceptors (Lipinski definition) is 3. The molecule has 1 aliphatic heterocycles. The molecule has 5 nitrogen and oxygen atoms in total. The summed E-state index contributed by atoms with van der Waals surface area (Å²) in [7, 11) is 1.85. The lowest BCUT2D eigenvalue weighted by molar-refractivity contribution is 0.0796. The number of fused-ring (bicyclic) bond motifs is 1. The van der Waals surface area contributed by atoms with Gasteiger partial charge in [0.2, 0.25) is 0 Å². The number of carbonyl (C=O) groups excluding carboxylic acids is 1. The number of aromatic amines is 1. The Morgan fingerprint density at radius 2 is 2.22 bits per heavy atom. The molecule has 0 fully saturated rings. The van der Waals surface area contributed by atoms with Gasteiger partial charge < -0.3 is 9.64 Å². The number of amides is 1. The highest BCUT2D eigenvalue weighted by molar-refractivity contribution is 5.94. The van der Waals surface area contributed by atoms with Crippen LogP contribution < -0.4 is 4.74 Å². The second kappa shape index (κ2) is 6.07. The maximum atomic E-state index is 12.6. The molecule has 2 heterocycles. The largest absolute Gasteiger partial charge is 0.490 e. The van der Waals surface area contributed by atoms with Crippen LogP contribution in [0, 0.1) is 13.8 Å². The Labute approximate surface area is 136 Å². The highest BCUT2D eigenvalue weighted by Gasteiger charge is 2.21. The van der Waals surface area contributed by atoms with E-state index in [4.69, 9.17) is 4.74 Å². The minimum Gasteiger partial charge on any atom is -0.490 e. The van der Waals surface area contributed by atoms with Gasteiger partial charge in [-0.3, -0.25) is 9.89 Å². The minimum atomic E-state index is 0.0474. The van der Waals surface area contributed by atoms with Gasteiger partial charge in [0.05, 0.1) is 5.69 Å². The number of benzene rings is 1. The molecule has 0 saturated heterocycles. The van der Waals surface area contributed by atoms with Gasteiger partial charge in [0.15, 0.2) is 0 Å². The van der Waals surface area contributed by atoms with E-state index < -0.39 is 0 Å². The Morgan fingerprint density at radius 3 is 2.91 bits per heavy atom.